The lowest BCUT2D eigenvalue weighted by Gasteiger charge is -2.34. The summed E-state index contributed by atoms with van der Waals surface area (Å²) in [6, 6.07) is 62.6. The first-order chi connectivity index (χ1) is 40.2. The van der Waals surface area contributed by atoms with Crippen LogP contribution in [0.2, 0.25) is 10.3 Å². The maximum absolute atomic E-state index is 10.3. The maximum Gasteiger partial charge on any atom is 0.205 e. The van der Waals surface area contributed by atoms with Crippen LogP contribution in [0.1, 0.15) is 95.9 Å². The number of nitrogens with one attached hydrogen (secondary N) is 1. The van der Waals surface area contributed by atoms with Gasteiger partial charge in [0.15, 0.2) is 15.8 Å². The van der Waals surface area contributed by atoms with Crippen LogP contribution >= 0.6 is 23.2 Å². The first-order valence-electron chi connectivity index (χ1n) is 28.2. The summed E-state index contributed by atoms with van der Waals surface area (Å²) in [5, 5.41) is 49.2. The van der Waals surface area contributed by atoms with Crippen molar-refractivity contribution in [3.05, 3.63) is 249 Å². The average Bonchev–Trinajstić information content (AvgIpc) is 4.54. The van der Waals surface area contributed by atoms with Crippen molar-refractivity contribution in [3.63, 3.8) is 0 Å². The second kappa shape index (κ2) is 25.4. The zero-order valence-corrected chi connectivity index (χ0v) is 45.1. The van der Waals surface area contributed by atoms with Gasteiger partial charge in [0.05, 0.1) is 30.0 Å². The van der Waals surface area contributed by atoms with Gasteiger partial charge >= 0.3 is 0 Å². The Morgan fingerprint density at radius 2 is 0.911 bits per heavy atom. The lowest BCUT2D eigenvalue weighted by atomic mass is 9.77. The molecule has 0 radical (unpaired) electrons. The highest BCUT2D eigenvalue weighted by molar-refractivity contribution is 6.30. The molecular weight excluding hydrogens is 1030 g/mol. The SMILES string of the molecule is [2H]C([2H])(O)c1c(Cl)nc(CCCC)n1Cc1ccc(-c2ccccc2-c2nn[nH]n2)cc1.[2H]C([2H])(O)c1c(Cl)nc(CCCC)n1Cc1ccc(-c2ccccc2-c2nnn(C(c3ccccc3)(c3ccccc3)c3ccccc3)n2)cc1. The molecule has 0 aliphatic carbocycles. The highest BCUT2D eigenvalue weighted by Gasteiger charge is 2.41. The van der Waals surface area contributed by atoms with Crippen LogP contribution in [0.15, 0.2) is 188 Å². The molecule has 0 bridgehead atoms. The van der Waals surface area contributed by atoms with E-state index in [1.807, 2.05) is 152 Å². The van der Waals surface area contributed by atoms with Crippen molar-refractivity contribution in [2.24, 2.45) is 0 Å². The van der Waals surface area contributed by atoms with E-state index >= 15 is 0 Å². The van der Waals surface area contributed by atoms with Crippen LogP contribution in [0.3, 0.4) is 0 Å². The molecule has 11 rings (SSSR count). The zero-order valence-electron chi connectivity index (χ0n) is 47.6. The third-order valence-electron chi connectivity index (χ3n) is 13.9. The molecule has 0 saturated carbocycles. The van der Waals surface area contributed by atoms with Gasteiger partial charge in [-0.05, 0) is 73.3 Å². The number of nitrogens with zero attached hydrogens (tertiary/aromatic N) is 11. The van der Waals surface area contributed by atoms with Gasteiger partial charge < -0.3 is 19.3 Å². The Bertz CT molecular complexity index is 3790. The predicted molar refractivity (Wildman–Crippen MR) is 310 cm³/mol. The second-order valence-corrected chi connectivity index (χ2v) is 19.6. The first kappa shape index (κ1) is 48.9. The van der Waals surface area contributed by atoms with Crippen molar-refractivity contribution in [2.45, 2.75) is 84.1 Å². The van der Waals surface area contributed by atoms with E-state index in [0.29, 0.717) is 49.2 Å². The van der Waals surface area contributed by atoms with E-state index in [-0.39, 0.29) is 21.7 Å². The van der Waals surface area contributed by atoms with Gasteiger partial charge in [-0.1, -0.05) is 238 Å². The van der Waals surface area contributed by atoms with Crippen molar-refractivity contribution in [2.75, 3.05) is 0 Å². The molecule has 0 atom stereocenters. The van der Waals surface area contributed by atoms with Crippen molar-refractivity contribution >= 4 is 23.2 Å². The van der Waals surface area contributed by atoms with Crippen LogP contribution in [0.25, 0.3) is 45.0 Å². The van der Waals surface area contributed by atoms with Crippen LogP contribution < -0.4 is 0 Å². The Hall–Kier alpha value is -8.40. The number of H-pyrrole nitrogens is 1. The second-order valence-electron chi connectivity index (χ2n) is 18.9. The molecule has 3 N–H and O–H groups in total. The highest BCUT2D eigenvalue weighted by Crippen LogP contribution is 2.41. The van der Waals surface area contributed by atoms with Gasteiger partial charge in [0.25, 0.3) is 0 Å². The zero-order chi connectivity index (χ0) is 58.1. The van der Waals surface area contributed by atoms with E-state index in [9.17, 15) is 10.2 Å². The van der Waals surface area contributed by atoms with Crippen LogP contribution in [0.4, 0.5) is 0 Å². The number of unbranched alkanes of at least 4 members (excludes halogenated alkanes) is 2. The van der Waals surface area contributed by atoms with Crippen molar-refractivity contribution in [3.8, 4) is 45.0 Å². The first-order valence-corrected chi connectivity index (χ1v) is 27.0. The van der Waals surface area contributed by atoms with Gasteiger partial charge in [0.2, 0.25) is 11.6 Å². The average molecular weight is 1090 g/mol. The van der Waals surface area contributed by atoms with E-state index in [2.05, 4.69) is 85.9 Å². The molecule has 4 aromatic heterocycles. The number of aromatic nitrogens is 12. The molecule has 0 saturated heterocycles. The Morgan fingerprint density at radius 1 is 0.506 bits per heavy atom. The minimum Gasteiger partial charge on any atom is -0.390 e. The summed E-state index contributed by atoms with van der Waals surface area (Å²) in [7, 11) is 0. The van der Waals surface area contributed by atoms with Crippen LogP contribution in [-0.2, 0) is 44.6 Å². The fourth-order valence-electron chi connectivity index (χ4n) is 9.97. The third-order valence-corrected chi connectivity index (χ3v) is 14.4. The normalized spacial score (nSPS) is 12.5. The van der Waals surface area contributed by atoms with Gasteiger partial charge in [0, 0.05) is 37.1 Å². The molecule has 4 heterocycles. The number of benzene rings is 7. The van der Waals surface area contributed by atoms with E-state index in [1.54, 1.807) is 13.9 Å². The molecule has 0 aliphatic rings. The molecule has 0 aliphatic heterocycles. The van der Waals surface area contributed by atoms with Crippen molar-refractivity contribution < 1.29 is 15.7 Å². The number of halogens is 2. The molecule has 0 spiro atoms. The van der Waals surface area contributed by atoms with Crippen molar-refractivity contribution in [1.29, 1.82) is 0 Å². The van der Waals surface area contributed by atoms with Gasteiger partial charge in [-0.25, -0.2) is 9.97 Å². The van der Waals surface area contributed by atoms with Crippen LogP contribution in [0, 0.1) is 0 Å². The summed E-state index contributed by atoms with van der Waals surface area (Å²) in [6.07, 6.45) is 4.98. The summed E-state index contributed by atoms with van der Waals surface area (Å²) < 4.78 is 35.0. The topological polar surface area (TPSA) is 174 Å². The number of imidazole rings is 2. The maximum atomic E-state index is 10.3. The third kappa shape index (κ3) is 11.6. The summed E-state index contributed by atoms with van der Waals surface area (Å²) in [5.41, 5.74) is 9.48. The van der Waals surface area contributed by atoms with Gasteiger partial charge in [0.1, 0.15) is 11.6 Å². The molecule has 0 amide bonds. The smallest absolute Gasteiger partial charge is 0.205 e. The van der Waals surface area contributed by atoms with Gasteiger partial charge in [-0.15, -0.1) is 25.2 Å². The molecule has 79 heavy (non-hydrogen) atoms. The summed E-state index contributed by atoms with van der Waals surface area (Å²) >= 11 is 12.5. The molecule has 0 unspecified atom stereocenters. The molecule has 11 aromatic rings. The lowest BCUT2D eigenvalue weighted by molar-refractivity contribution is 0.271. The van der Waals surface area contributed by atoms with E-state index in [0.717, 1.165) is 86.9 Å². The van der Waals surface area contributed by atoms with Gasteiger partial charge in [-0.2, -0.15) is 5.21 Å². The van der Waals surface area contributed by atoms with Crippen LogP contribution in [0.5, 0.6) is 0 Å². The number of aliphatic hydroxyl groups is 2. The Kier molecular flexibility index (Phi) is 15.7. The largest absolute Gasteiger partial charge is 0.390 e. The summed E-state index contributed by atoms with van der Waals surface area (Å²) in [4.78, 5) is 10.5. The van der Waals surface area contributed by atoms with E-state index < -0.39 is 18.7 Å². The minimum atomic E-state index is -2.63. The Labute approximate surface area is 475 Å². The molecule has 0 fully saturated rings. The summed E-state index contributed by atoms with van der Waals surface area (Å²) in [6.45, 7) is -0.394. The number of aromatic amines is 1. The van der Waals surface area contributed by atoms with Crippen molar-refractivity contribution in [1.82, 2.24) is 59.9 Å². The summed E-state index contributed by atoms with van der Waals surface area (Å²) in [5.74, 6) is 2.32. The Morgan fingerprint density at radius 3 is 1.30 bits per heavy atom. The fraction of sp³-hybridized carbons (Fsp3) is 0.206. The highest BCUT2D eigenvalue weighted by atomic mass is 35.5. The number of hydrogen-bond acceptors (Lipinski definition) is 10. The molecule has 7 aromatic carbocycles. The lowest BCUT2D eigenvalue weighted by Crippen LogP contribution is -2.39. The number of tetrazole rings is 2. The molecule has 14 nitrogen and oxygen atoms in total. The van der Waals surface area contributed by atoms with E-state index in [1.165, 1.54) is 0 Å². The molecular formula is C63H60Cl2N12O2. The van der Waals surface area contributed by atoms with E-state index in [4.69, 9.17) is 39.0 Å². The number of rotatable bonds is 20. The standard InChI is InChI=1S/C41H37ClN6O.C22H23ClN6O/c1-2-3-23-38-43-39(42)37(29-49)47(38)28-30-24-26-31(27-25-30)35-21-13-14-22-36(35)40-44-46-48(45-40)41(32-15-7-4-8-16-32,33-17-9-5-10-18-33)34-19-11-6-12-20-34;1-2-3-8-20-24-21(23)19(14-30)29(20)13-15-9-11-16(12-10-15)17-6-4-5-7-18(17)22-25-27-28-26-22/h4-22,24-27,49H,2-3,23,28-29H2,1H3;4-7,9-12,30H,2-3,8,13-14H2,1H3,(H,25,26,27,28)/i29D2;14D2. The fourth-order valence-corrected chi connectivity index (χ4v) is 10.5. The predicted octanol–water partition coefficient (Wildman–Crippen LogP) is 12.8. The Balaban J connectivity index is 0.000000206. The monoisotopic (exact) mass is 1090 g/mol. The molecule has 16 heteroatoms. The number of hydrogen-bond donors (Lipinski definition) is 3. The van der Waals surface area contributed by atoms with Crippen LogP contribution in [-0.4, -0.2) is 70.1 Å². The number of aryl methyl sites for hydroxylation is 2. The minimum absolute atomic E-state index is 0.00531. The van der Waals surface area contributed by atoms with Gasteiger partial charge in [-0.3, -0.25) is 0 Å². The quantitative estimate of drug-likeness (QED) is 0.0623. The molecule has 398 valence electrons.